The third-order valence-corrected chi connectivity index (χ3v) is 3.86. The molecule has 4 rings (SSSR count). The molecule has 0 amide bonds. The van der Waals surface area contributed by atoms with E-state index in [0.717, 1.165) is 41.0 Å². The lowest BCUT2D eigenvalue weighted by atomic mass is 10.1. The minimum Gasteiger partial charge on any atom is -0.497 e. The van der Waals surface area contributed by atoms with E-state index in [-0.39, 0.29) is 0 Å². The largest absolute Gasteiger partial charge is 0.497 e. The van der Waals surface area contributed by atoms with Crippen molar-refractivity contribution in [1.29, 1.82) is 0 Å². The second-order valence-electron chi connectivity index (χ2n) is 5.44. The highest BCUT2D eigenvalue weighted by Gasteiger charge is 2.29. The molecule has 22 heavy (non-hydrogen) atoms. The summed E-state index contributed by atoms with van der Waals surface area (Å²) in [4.78, 5) is 12.8. The molecule has 1 saturated carbocycles. The molecule has 0 saturated heterocycles. The Morgan fingerprint density at radius 1 is 1.32 bits per heavy atom. The molecule has 1 aliphatic carbocycles. The zero-order chi connectivity index (χ0) is 15.1. The van der Waals surface area contributed by atoms with E-state index >= 15 is 0 Å². The van der Waals surface area contributed by atoms with Gasteiger partial charge >= 0.3 is 0 Å². The standard InChI is InChI=1S/C15H16N6O/c1-22-11-4-5-17-9(6-11)7-12-13-14(16)18-8-19-15(13)21(20-12)10-2-3-10/h4-6,8,10H,2-3,7H2,1H3,(H2,16,18,19). The summed E-state index contributed by atoms with van der Waals surface area (Å²) in [5.41, 5.74) is 8.61. The second-order valence-corrected chi connectivity index (χ2v) is 5.44. The molecule has 7 heteroatoms. The number of ether oxygens (including phenoxy) is 1. The molecule has 3 heterocycles. The van der Waals surface area contributed by atoms with Crippen molar-refractivity contribution in [3.63, 3.8) is 0 Å². The zero-order valence-electron chi connectivity index (χ0n) is 12.2. The molecule has 1 fully saturated rings. The molecule has 0 spiro atoms. The molecule has 0 unspecified atom stereocenters. The van der Waals surface area contributed by atoms with Gasteiger partial charge in [0.1, 0.15) is 17.9 Å². The number of fused-ring (bicyclic) bond motifs is 1. The summed E-state index contributed by atoms with van der Waals surface area (Å²) >= 11 is 0. The average molecular weight is 296 g/mol. The van der Waals surface area contributed by atoms with E-state index in [1.165, 1.54) is 6.33 Å². The first-order chi connectivity index (χ1) is 10.8. The fourth-order valence-electron chi connectivity index (χ4n) is 2.62. The highest BCUT2D eigenvalue weighted by Crippen LogP contribution is 2.38. The highest BCUT2D eigenvalue weighted by molar-refractivity contribution is 5.88. The van der Waals surface area contributed by atoms with Gasteiger partial charge in [0.2, 0.25) is 0 Å². The average Bonchev–Trinajstić information content (AvgIpc) is 3.31. The topological polar surface area (TPSA) is 91.7 Å². The predicted octanol–water partition coefficient (Wildman–Crippen LogP) is 1.74. The monoisotopic (exact) mass is 296 g/mol. The Hall–Kier alpha value is -2.70. The fraction of sp³-hybridized carbons (Fsp3) is 0.333. The Bertz CT molecular complexity index is 839. The Kier molecular flexibility index (Phi) is 2.92. The van der Waals surface area contributed by atoms with Crippen molar-refractivity contribution in [2.45, 2.75) is 25.3 Å². The van der Waals surface area contributed by atoms with Gasteiger partial charge in [0.15, 0.2) is 5.65 Å². The van der Waals surface area contributed by atoms with E-state index in [4.69, 9.17) is 15.6 Å². The molecular formula is C15H16N6O. The Morgan fingerprint density at radius 2 is 2.18 bits per heavy atom. The van der Waals surface area contributed by atoms with Crippen LogP contribution in [0.25, 0.3) is 11.0 Å². The van der Waals surface area contributed by atoms with E-state index < -0.39 is 0 Å². The third-order valence-electron chi connectivity index (χ3n) is 3.86. The molecule has 0 bridgehead atoms. The van der Waals surface area contributed by atoms with Crippen molar-refractivity contribution in [2.24, 2.45) is 0 Å². The van der Waals surface area contributed by atoms with Crippen molar-refractivity contribution < 1.29 is 4.74 Å². The molecule has 1 aliphatic rings. The van der Waals surface area contributed by atoms with Crippen LogP contribution in [0.3, 0.4) is 0 Å². The second kappa shape index (κ2) is 4.94. The Labute approximate surface area is 127 Å². The van der Waals surface area contributed by atoms with Gasteiger partial charge in [-0.05, 0) is 18.9 Å². The molecule has 2 N–H and O–H groups in total. The number of nitrogens with two attached hydrogens (primary N) is 1. The summed E-state index contributed by atoms with van der Waals surface area (Å²) in [7, 11) is 1.64. The summed E-state index contributed by atoms with van der Waals surface area (Å²) in [6, 6.07) is 4.16. The lowest BCUT2D eigenvalue weighted by molar-refractivity contribution is 0.413. The Morgan fingerprint density at radius 3 is 2.95 bits per heavy atom. The molecule has 112 valence electrons. The van der Waals surface area contributed by atoms with Crippen LogP contribution in [-0.4, -0.2) is 31.8 Å². The maximum absolute atomic E-state index is 6.05. The van der Waals surface area contributed by atoms with Gasteiger partial charge in [-0.1, -0.05) is 0 Å². The van der Waals surface area contributed by atoms with Crippen LogP contribution in [-0.2, 0) is 6.42 Å². The number of anilines is 1. The van der Waals surface area contributed by atoms with Crippen molar-refractivity contribution >= 4 is 16.9 Å². The van der Waals surface area contributed by atoms with Crippen molar-refractivity contribution in [3.8, 4) is 5.75 Å². The summed E-state index contributed by atoms with van der Waals surface area (Å²) < 4.78 is 7.22. The van der Waals surface area contributed by atoms with Gasteiger partial charge in [0, 0.05) is 18.7 Å². The lowest BCUT2D eigenvalue weighted by Gasteiger charge is -2.02. The summed E-state index contributed by atoms with van der Waals surface area (Å²) in [5, 5.41) is 5.55. The number of aromatic nitrogens is 5. The summed E-state index contributed by atoms with van der Waals surface area (Å²) in [6.45, 7) is 0. The minimum absolute atomic E-state index is 0.434. The molecule has 0 radical (unpaired) electrons. The number of hydrogen-bond donors (Lipinski definition) is 1. The first-order valence-electron chi connectivity index (χ1n) is 7.22. The van der Waals surface area contributed by atoms with E-state index in [2.05, 4.69) is 15.0 Å². The van der Waals surface area contributed by atoms with Crippen LogP contribution < -0.4 is 10.5 Å². The van der Waals surface area contributed by atoms with Gasteiger partial charge in [0.25, 0.3) is 0 Å². The summed E-state index contributed by atoms with van der Waals surface area (Å²) in [5.74, 6) is 1.25. The van der Waals surface area contributed by atoms with Crippen molar-refractivity contribution in [3.05, 3.63) is 36.0 Å². The minimum atomic E-state index is 0.434. The van der Waals surface area contributed by atoms with E-state index in [1.807, 2.05) is 16.8 Å². The fourth-order valence-corrected chi connectivity index (χ4v) is 2.62. The Balaban J connectivity index is 1.80. The third kappa shape index (κ3) is 2.14. The molecule has 3 aromatic rings. The van der Waals surface area contributed by atoms with Crippen molar-refractivity contribution in [1.82, 2.24) is 24.7 Å². The number of methoxy groups -OCH3 is 1. The van der Waals surface area contributed by atoms with Gasteiger partial charge in [0.05, 0.1) is 29.9 Å². The van der Waals surface area contributed by atoms with E-state index in [9.17, 15) is 0 Å². The quantitative estimate of drug-likeness (QED) is 0.788. The van der Waals surface area contributed by atoms with E-state index in [0.29, 0.717) is 18.3 Å². The normalized spacial score (nSPS) is 14.4. The van der Waals surface area contributed by atoms with Gasteiger partial charge in [-0.25, -0.2) is 14.6 Å². The number of nitrogen functional groups attached to an aromatic ring is 1. The van der Waals surface area contributed by atoms with Crippen LogP contribution in [0.15, 0.2) is 24.7 Å². The molecule has 3 aromatic heterocycles. The van der Waals surface area contributed by atoms with Crippen LogP contribution >= 0.6 is 0 Å². The molecule has 0 aromatic carbocycles. The van der Waals surface area contributed by atoms with Gasteiger partial charge in [-0.3, -0.25) is 4.98 Å². The highest BCUT2D eigenvalue weighted by atomic mass is 16.5. The first-order valence-corrected chi connectivity index (χ1v) is 7.22. The van der Waals surface area contributed by atoms with Gasteiger partial charge < -0.3 is 10.5 Å². The van der Waals surface area contributed by atoms with E-state index in [1.54, 1.807) is 13.3 Å². The smallest absolute Gasteiger partial charge is 0.163 e. The van der Waals surface area contributed by atoms with Crippen LogP contribution in [0.4, 0.5) is 5.82 Å². The SMILES string of the molecule is COc1ccnc(Cc2nn(C3CC3)c3ncnc(N)c23)c1. The predicted molar refractivity (Wildman–Crippen MR) is 81.6 cm³/mol. The van der Waals surface area contributed by atoms with Crippen molar-refractivity contribution in [2.75, 3.05) is 12.8 Å². The molecular weight excluding hydrogens is 280 g/mol. The number of pyridine rings is 1. The maximum atomic E-state index is 6.05. The lowest BCUT2D eigenvalue weighted by Crippen LogP contribution is -1.99. The summed E-state index contributed by atoms with van der Waals surface area (Å²) in [6.07, 6.45) is 6.07. The van der Waals surface area contributed by atoms with Crippen LogP contribution in [0.1, 0.15) is 30.3 Å². The van der Waals surface area contributed by atoms with Crippen LogP contribution in [0.2, 0.25) is 0 Å². The maximum Gasteiger partial charge on any atom is 0.163 e. The number of nitrogens with zero attached hydrogens (tertiary/aromatic N) is 5. The van der Waals surface area contributed by atoms with Gasteiger partial charge in [-0.2, -0.15) is 5.10 Å². The molecule has 0 aliphatic heterocycles. The molecule has 0 atom stereocenters. The first kappa shape index (κ1) is 13.0. The van der Waals surface area contributed by atoms with Gasteiger partial charge in [-0.15, -0.1) is 0 Å². The van der Waals surface area contributed by atoms with Crippen LogP contribution in [0.5, 0.6) is 5.75 Å². The van der Waals surface area contributed by atoms with Crippen LogP contribution in [0, 0.1) is 0 Å². The molecule has 7 nitrogen and oxygen atoms in total. The number of rotatable bonds is 4. The zero-order valence-corrected chi connectivity index (χ0v) is 12.2. The number of hydrogen-bond acceptors (Lipinski definition) is 6.